The van der Waals surface area contributed by atoms with Gasteiger partial charge in [0, 0.05) is 43.9 Å². The van der Waals surface area contributed by atoms with E-state index in [1.54, 1.807) is 0 Å². The lowest BCUT2D eigenvalue weighted by Crippen LogP contribution is -2.61. The smallest absolute Gasteiger partial charge is 0.309 e. The summed E-state index contributed by atoms with van der Waals surface area (Å²) in [6.07, 6.45) is 4.32. The summed E-state index contributed by atoms with van der Waals surface area (Å²) in [6.45, 7) is 8.08. The van der Waals surface area contributed by atoms with E-state index in [2.05, 4.69) is 37.0 Å². The van der Waals surface area contributed by atoms with Gasteiger partial charge in [0.1, 0.15) is 17.4 Å². The van der Waals surface area contributed by atoms with Crippen LogP contribution >= 0.6 is 15.9 Å². The summed E-state index contributed by atoms with van der Waals surface area (Å²) in [5.41, 5.74) is 3.57. The van der Waals surface area contributed by atoms with E-state index in [1.807, 2.05) is 26.0 Å². The molecule has 4 aliphatic rings. The van der Waals surface area contributed by atoms with E-state index >= 15 is 0 Å². The van der Waals surface area contributed by atoms with Gasteiger partial charge in [-0.3, -0.25) is 9.69 Å². The lowest BCUT2D eigenvalue weighted by molar-refractivity contribution is -0.150. The van der Waals surface area contributed by atoms with Crippen molar-refractivity contribution in [2.24, 2.45) is 10.6 Å². The van der Waals surface area contributed by atoms with Crippen molar-refractivity contribution >= 4 is 27.7 Å². The highest BCUT2D eigenvalue weighted by molar-refractivity contribution is 9.10. The number of hydrogen-bond acceptors (Lipinski definition) is 6. The lowest BCUT2D eigenvalue weighted by atomic mass is 9.80. The third-order valence-corrected chi connectivity index (χ3v) is 9.52. The second-order valence-corrected chi connectivity index (χ2v) is 12.6. The van der Waals surface area contributed by atoms with Crippen molar-refractivity contribution in [1.29, 1.82) is 0 Å². The van der Waals surface area contributed by atoms with Gasteiger partial charge in [-0.1, -0.05) is 17.3 Å². The van der Waals surface area contributed by atoms with Crippen molar-refractivity contribution < 1.29 is 23.9 Å². The Bertz CT molecular complexity index is 1300. The number of carbonyl (C=O) groups is 1. The Morgan fingerprint density at radius 1 is 1.23 bits per heavy atom. The first-order chi connectivity index (χ1) is 18.7. The first-order valence-corrected chi connectivity index (χ1v) is 14.7. The Morgan fingerprint density at radius 3 is 2.54 bits per heavy atom. The summed E-state index contributed by atoms with van der Waals surface area (Å²) >= 11 is 3.87. The van der Waals surface area contributed by atoms with Gasteiger partial charge in [-0.05, 0) is 90.7 Å². The zero-order valence-corrected chi connectivity index (χ0v) is 24.1. The average Bonchev–Trinajstić information content (AvgIpc) is 3.65. The Kier molecular flexibility index (Phi) is 6.86. The average molecular weight is 601 g/mol. The topological polar surface area (TPSA) is 74.6 Å². The molecule has 7 nitrogen and oxygen atoms in total. The number of carboxylic acids is 1. The van der Waals surface area contributed by atoms with E-state index in [4.69, 9.17) is 9.57 Å². The number of rotatable bonds is 7. The normalized spacial score (nSPS) is 21.8. The van der Waals surface area contributed by atoms with Gasteiger partial charge in [-0.25, -0.2) is 4.39 Å². The van der Waals surface area contributed by atoms with Crippen LogP contribution in [0.3, 0.4) is 0 Å². The largest absolute Gasteiger partial charge is 0.492 e. The second-order valence-electron chi connectivity index (χ2n) is 11.8. The number of aliphatic carboxylic acids is 1. The number of amidine groups is 1. The molecule has 208 valence electrons. The molecule has 1 spiro atoms. The van der Waals surface area contributed by atoms with E-state index < -0.39 is 11.4 Å². The molecule has 3 aliphatic heterocycles. The van der Waals surface area contributed by atoms with E-state index in [9.17, 15) is 14.3 Å². The van der Waals surface area contributed by atoms with Crippen LogP contribution in [0.4, 0.5) is 4.39 Å². The standard InChI is InChI=1S/C30H35BrFN3O4/c1-3-38-27-21(14-23(19-4-5-19)25(26(27)31)20-6-8-22(32)9-7-20)16-34-17-30(18-34)15-24(33-39-30)35-12-10-29(2,11-13-35)28(36)37/h6-9,14,19H,3-5,10-13,15-18H2,1-2H3,(H,36,37). The number of benzene rings is 2. The zero-order valence-electron chi connectivity index (χ0n) is 22.5. The molecule has 2 aromatic rings. The molecule has 6 rings (SSSR count). The van der Waals surface area contributed by atoms with Crippen molar-refractivity contribution in [3.8, 4) is 16.9 Å². The second kappa shape index (κ2) is 10.1. The number of hydrogen-bond donors (Lipinski definition) is 1. The SMILES string of the molecule is CCOc1c(CN2CC3(CC(N4CCC(C)(C(=O)O)CC4)=NO3)C2)cc(C2CC2)c(-c2ccc(F)cc2)c1Br. The van der Waals surface area contributed by atoms with Crippen molar-refractivity contribution in [1.82, 2.24) is 9.80 Å². The molecule has 0 unspecified atom stereocenters. The molecule has 0 amide bonds. The molecule has 0 bridgehead atoms. The van der Waals surface area contributed by atoms with Crippen LogP contribution in [0, 0.1) is 11.2 Å². The fourth-order valence-electron chi connectivity index (χ4n) is 6.19. The number of oxime groups is 1. The first-order valence-electron chi connectivity index (χ1n) is 13.9. The Morgan fingerprint density at radius 2 is 1.92 bits per heavy atom. The van der Waals surface area contributed by atoms with E-state index in [0.717, 1.165) is 71.6 Å². The molecule has 0 aromatic heterocycles. The minimum atomic E-state index is -0.716. The van der Waals surface area contributed by atoms with Crippen LogP contribution in [0.2, 0.25) is 0 Å². The number of nitrogens with zero attached hydrogens (tertiary/aromatic N) is 3. The summed E-state index contributed by atoms with van der Waals surface area (Å²) in [4.78, 5) is 22.1. The number of halogens is 2. The van der Waals surface area contributed by atoms with Crippen LogP contribution in [0.25, 0.3) is 11.1 Å². The Hall–Kier alpha value is -2.65. The summed E-state index contributed by atoms with van der Waals surface area (Å²) in [7, 11) is 0. The highest BCUT2D eigenvalue weighted by atomic mass is 79.9. The van der Waals surface area contributed by atoms with Gasteiger partial charge in [0.2, 0.25) is 0 Å². The van der Waals surface area contributed by atoms with Gasteiger partial charge in [-0.15, -0.1) is 0 Å². The van der Waals surface area contributed by atoms with Gasteiger partial charge < -0.3 is 19.6 Å². The number of ether oxygens (including phenoxy) is 1. The summed E-state index contributed by atoms with van der Waals surface area (Å²) < 4.78 is 20.8. The van der Waals surface area contributed by atoms with Crippen LogP contribution in [-0.4, -0.2) is 65.1 Å². The van der Waals surface area contributed by atoms with E-state index in [0.29, 0.717) is 38.5 Å². The van der Waals surface area contributed by atoms with Crippen molar-refractivity contribution in [2.45, 2.75) is 64.0 Å². The molecule has 1 N–H and O–H groups in total. The van der Waals surface area contributed by atoms with E-state index in [-0.39, 0.29) is 11.4 Å². The Balaban J connectivity index is 1.15. The van der Waals surface area contributed by atoms with Crippen molar-refractivity contribution in [2.75, 3.05) is 32.8 Å². The lowest BCUT2D eigenvalue weighted by Gasteiger charge is -2.46. The highest BCUT2D eigenvalue weighted by Crippen LogP contribution is 2.51. The quantitative estimate of drug-likeness (QED) is 0.420. The maximum atomic E-state index is 13.7. The van der Waals surface area contributed by atoms with Gasteiger partial charge in [-0.2, -0.15) is 0 Å². The van der Waals surface area contributed by atoms with Crippen LogP contribution < -0.4 is 4.74 Å². The van der Waals surface area contributed by atoms with Crippen LogP contribution in [0.15, 0.2) is 40.0 Å². The van der Waals surface area contributed by atoms with Crippen LogP contribution in [0.1, 0.15) is 63.0 Å². The molecule has 1 aliphatic carbocycles. The highest BCUT2D eigenvalue weighted by Gasteiger charge is 2.51. The summed E-state index contributed by atoms with van der Waals surface area (Å²) in [5, 5.41) is 14.0. The fourth-order valence-corrected chi connectivity index (χ4v) is 7.01. The molecule has 2 aromatic carbocycles. The number of carboxylic acid groups (broad SMARTS) is 1. The van der Waals surface area contributed by atoms with Gasteiger partial charge in [0.25, 0.3) is 0 Å². The molecule has 9 heteroatoms. The number of likely N-dealkylation sites (tertiary alicyclic amines) is 2. The molecular formula is C30H35BrFN3O4. The maximum Gasteiger partial charge on any atom is 0.309 e. The minimum absolute atomic E-state index is 0.239. The zero-order chi connectivity index (χ0) is 27.4. The molecule has 2 saturated heterocycles. The summed E-state index contributed by atoms with van der Waals surface area (Å²) in [6, 6.07) is 9.00. The van der Waals surface area contributed by atoms with Gasteiger partial charge >= 0.3 is 5.97 Å². The Labute approximate surface area is 237 Å². The maximum absolute atomic E-state index is 13.7. The van der Waals surface area contributed by atoms with Crippen molar-refractivity contribution in [3.05, 3.63) is 51.7 Å². The fraction of sp³-hybridized carbons (Fsp3) is 0.533. The third-order valence-electron chi connectivity index (χ3n) is 8.76. The molecule has 1 saturated carbocycles. The predicted octanol–water partition coefficient (Wildman–Crippen LogP) is 6.01. The van der Waals surface area contributed by atoms with Crippen LogP contribution in [-0.2, 0) is 16.2 Å². The van der Waals surface area contributed by atoms with Crippen molar-refractivity contribution in [3.63, 3.8) is 0 Å². The summed E-state index contributed by atoms with van der Waals surface area (Å²) in [5.74, 6) is 1.35. The first kappa shape index (κ1) is 26.6. The van der Waals surface area contributed by atoms with Crippen LogP contribution in [0.5, 0.6) is 5.75 Å². The van der Waals surface area contributed by atoms with Gasteiger partial charge in [0.15, 0.2) is 5.60 Å². The molecule has 3 heterocycles. The number of piperidine rings is 1. The predicted molar refractivity (Wildman–Crippen MR) is 150 cm³/mol. The molecule has 0 radical (unpaired) electrons. The third kappa shape index (κ3) is 5.04. The molecule has 3 fully saturated rings. The molecule has 0 atom stereocenters. The molecular weight excluding hydrogens is 565 g/mol. The monoisotopic (exact) mass is 599 g/mol. The minimum Gasteiger partial charge on any atom is -0.492 e. The van der Waals surface area contributed by atoms with E-state index in [1.165, 1.54) is 17.7 Å². The molecule has 39 heavy (non-hydrogen) atoms. The van der Waals surface area contributed by atoms with Gasteiger partial charge in [0.05, 0.1) is 22.9 Å².